The maximum atomic E-state index is 10.7. The molecule has 0 spiro atoms. The van der Waals surface area contributed by atoms with E-state index in [1.165, 1.54) is 11.8 Å². The number of nitrogens with zero attached hydrogens (tertiary/aromatic N) is 4. The largest absolute Gasteiger partial charge is 0.481 e. The third kappa shape index (κ3) is 2.10. The van der Waals surface area contributed by atoms with Gasteiger partial charge in [-0.25, -0.2) is 4.98 Å². The van der Waals surface area contributed by atoms with Crippen LogP contribution in [0.3, 0.4) is 0 Å². The number of carboxylic acids is 1. The highest BCUT2D eigenvalue weighted by molar-refractivity contribution is 7.99. The normalized spacial score (nSPS) is 11.6. The molecule has 0 aromatic carbocycles. The van der Waals surface area contributed by atoms with E-state index in [9.17, 15) is 4.79 Å². The molecule has 0 saturated carbocycles. The maximum absolute atomic E-state index is 10.7. The Balaban J connectivity index is 2.55. The monoisotopic (exact) mass is 268 g/mol. The summed E-state index contributed by atoms with van der Waals surface area (Å²) >= 11 is 1.24. The van der Waals surface area contributed by atoms with E-state index in [1.807, 2.05) is 32.4 Å². The lowest BCUT2D eigenvalue weighted by atomic mass is 10.4. The highest BCUT2D eigenvalue weighted by Crippen LogP contribution is 2.28. The Morgan fingerprint density at radius 1 is 1.50 bits per heavy atom. The first-order valence-corrected chi connectivity index (χ1v) is 6.66. The summed E-state index contributed by atoms with van der Waals surface area (Å²) in [6.45, 7) is 6.01. The van der Waals surface area contributed by atoms with Crippen LogP contribution in [-0.4, -0.2) is 36.2 Å². The number of rotatable bonds is 4. The number of imidazole rings is 1. The smallest absolute Gasteiger partial charge is 0.313 e. The average Bonchev–Trinajstić information content (AvgIpc) is 2.75. The van der Waals surface area contributed by atoms with Crippen molar-refractivity contribution >= 4 is 28.9 Å². The van der Waals surface area contributed by atoms with Crippen LogP contribution in [0.25, 0.3) is 11.2 Å². The number of hydrogen-bond acceptors (Lipinski definition) is 4. The molecule has 6 nitrogen and oxygen atoms in total. The van der Waals surface area contributed by atoms with Crippen molar-refractivity contribution in [3.05, 3.63) is 5.69 Å². The lowest BCUT2D eigenvalue weighted by Crippen LogP contribution is -2.08. The fourth-order valence-electron chi connectivity index (χ4n) is 1.97. The zero-order chi connectivity index (χ0) is 13.4. The summed E-state index contributed by atoms with van der Waals surface area (Å²) in [5.74, 6) is -0.820. The molecular weight excluding hydrogens is 252 g/mol. The van der Waals surface area contributed by atoms with Gasteiger partial charge in [-0.1, -0.05) is 11.8 Å². The first kappa shape index (κ1) is 12.9. The molecule has 0 unspecified atom stereocenters. The van der Waals surface area contributed by atoms with Crippen molar-refractivity contribution in [3.63, 3.8) is 0 Å². The van der Waals surface area contributed by atoms with Crippen LogP contribution >= 0.6 is 11.8 Å². The molecule has 0 atom stereocenters. The Bertz CT molecular complexity index is 600. The van der Waals surface area contributed by atoms with Gasteiger partial charge in [0.15, 0.2) is 10.8 Å². The predicted molar refractivity (Wildman–Crippen MR) is 70.0 cm³/mol. The van der Waals surface area contributed by atoms with Crippen molar-refractivity contribution < 1.29 is 9.90 Å². The van der Waals surface area contributed by atoms with Crippen molar-refractivity contribution in [1.29, 1.82) is 0 Å². The summed E-state index contributed by atoms with van der Waals surface area (Å²) < 4.78 is 3.82. The van der Waals surface area contributed by atoms with Crippen molar-refractivity contribution in [3.8, 4) is 0 Å². The summed E-state index contributed by atoms with van der Waals surface area (Å²) in [4.78, 5) is 15.2. The summed E-state index contributed by atoms with van der Waals surface area (Å²) in [5.41, 5.74) is 2.65. The first-order chi connectivity index (χ1) is 8.41. The van der Waals surface area contributed by atoms with E-state index in [4.69, 9.17) is 5.11 Å². The quantitative estimate of drug-likeness (QED) is 0.856. The molecule has 0 aliphatic heterocycles. The standard InChI is InChI=1S/C11H16N4O2S/c1-6(2)15-10-9(7(3)13-14(10)4)12-11(15)18-5-8(16)17/h6H,5H2,1-4H3,(H,16,17). The van der Waals surface area contributed by atoms with Crippen LogP contribution in [0.4, 0.5) is 0 Å². The third-order valence-corrected chi connectivity index (χ3v) is 3.58. The Hall–Kier alpha value is -1.50. The molecule has 2 aromatic heterocycles. The van der Waals surface area contributed by atoms with Crippen LogP contribution in [0.2, 0.25) is 0 Å². The van der Waals surface area contributed by atoms with E-state index in [1.54, 1.807) is 4.68 Å². The molecule has 2 rings (SSSR count). The summed E-state index contributed by atoms with van der Waals surface area (Å²) in [6.07, 6.45) is 0. The highest BCUT2D eigenvalue weighted by atomic mass is 32.2. The van der Waals surface area contributed by atoms with Gasteiger partial charge in [0.1, 0.15) is 5.52 Å². The second kappa shape index (κ2) is 4.64. The van der Waals surface area contributed by atoms with E-state index >= 15 is 0 Å². The van der Waals surface area contributed by atoms with Gasteiger partial charge in [0.05, 0.1) is 11.4 Å². The highest BCUT2D eigenvalue weighted by Gasteiger charge is 2.19. The molecule has 2 heterocycles. The molecule has 2 aromatic rings. The van der Waals surface area contributed by atoms with Gasteiger partial charge in [0.2, 0.25) is 0 Å². The minimum atomic E-state index is -0.836. The SMILES string of the molecule is Cc1nn(C)c2c1nc(SCC(=O)O)n2C(C)C. The molecule has 0 bridgehead atoms. The number of aromatic nitrogens is 4. The molecule has 98 valence electrons. The van der Waals surface area contributed by atoms with Crippen LogP contribution in [0.1, 0.15) is 25.6 Å². The topological polar surface area (TPSA) is 72.9 Å². The second-order valence-electron chi connectivity index (χ2n) is 4.42. The Morgan fingerprint density at radius 3 is 2.72 bits per heavy atom. The lowest BCUT2D eigenvalue weighted by Gasteiger charge is -2.12. The minimum absolute atomic E-state index is 0.0164. The van der Waals surface area contributed by atoms with Gasteiger partial charge in [-0.3, -0.25) is 9.48 Å². The fourth-order valence-corrected chi connectivity index (χ4v) is 2.81. The molecule has 0 aliphatic rings. The van der Waals surface area contributed by atoms with Crippen molar-refractivity contribution in [2.75, 3.05) is 5.75 Å². The van der Waals surface area contributed by atoms with Crippen LogP contribution in [0.15, 0.2) is 5.16 Å². The molecular formula is C11H16N4O2S. The fraction of sp³-hybridized carbons (Fsp3) is 0.545. The second-order valence-corrected chi connectivity index (χ2v) is 5.36. The zero-order valence-electron chi connectivity index (χ0n) is 10.8. The number of thioether (sulfide) groups is 1. The summed E-state index contributed by atoms with van der Waals surface area (Å²) in [5, 5.41) is 13.8. The van der Waals surface area contributed by atoms with E-state index in [0.717, 1.165) is 22.0 Å². The molecule has 0 aliphatic carbocycles. The van der Waals surface area contributed by atoms with E-state index < -0.39 is 5.97 Å². The molecule has 18 heavy (non-hydrogen) atoms. The van der Waals surface area contributed by atoms with Gasteiger partial charge >= 0.3 is 5.97 Å². The minimum Gasteiger partial charge on any atom is -0.481 e. The third-order valence-electron chi connectivity index (χ3n) is 2.64. The number of fused-ring (bicyclic) bond motifs is 1. The maximum Gasteiger partial charge on any atom is 0.313 e. The Morgan fingerprint density at radius 2 is 2.17 bits per heavy atom. The first-order valence-electron chi connectivity index (χ1n) is 5.68. The average molecular weight is 268 g/mol. The van der Waals surface area contributed by atoms with Gasteiger partial charge in [-0.05, 0) is 20.8 Å². The van der Waals surface area contributed by atoms with E-state index in [-0.39, 0.29) is 11.8 Å². The number of carboxylic acid groups (broad SMARTS) is 1. The molecule has 0 saturated heterocycles. The number of hydrogen-bond donors (Lipinski definition) is 1. The van der Waals surface area contributed by atoms with Crippen LogP contribution in [-0.2, 0) is 11.8 Å². The zero-order valence-corrected chi connectivity index (χ0v) is 11.7. The van der Waals surface area contributed by atoms with Crippen LogP contribution < -0.4 is 0 Å². The van der Waals surface area contributed by atoms with Crippen molar-refractivity contribution in [2.45, 2.75) is 32.0 Å². The number of aryl methyl sites for hydroxylation is 2. The van der Waals surface area contributed by atoms with Crippen LogP contribution in [0.5, 0.6) is 0 Å². The molecule has 0 fully saturated rings. The van der Waals surface area contributed by atoms with E-state index in [2.05, 4.69) is 10.1 Å². The Kier molecular flexibility index (Phi) is 3.34. The van der Waals surface area contributed by atoms with Gasteiger partial charge in [0.25, 0.3) is 0 Å². The predicted octanol–water partition coefficient (Wildman–Crippen LogP) is 1.84. The lowest BCUT2D eigenvalue weighted by molar-refractivity contribution is -0.133. The summed E-state index contributed by atoms with van der Waals surface area (Å²) in [6, 6.07) is 0.209. The molecule has 0 radical (unpaired) electrons. The van der Waals surface area contributed by atoms with E-state index in [0.29, 0.717) is 0 Å². The van der Waals surface area contributed by atoms with Crippen molar-refractivity contribution in [2.24, 2.45) is 7.05 Å². The van der Waals surface area contributed by atoms with Gasteiger partial charge in [-0.15, -0.1) is 0 Å². The van der Waals surface area contributed by atoms with Gasteiger partial charge in [0, 0.05) is 13.1 Å². The van der Waals surface area contributed by atoms with Crippen LogP contribution in [0, 0.1) is 6.92 Å². The Labute approximate surface area is 109 Å². The molecule has 7 heteroatoms. The van der Waals surface area contributed by atoms with Gasteiger partial charge < -0.3 is 9.67 Å². The number of aliphatic carboxylic acids is 1. The van der Waals surface area contributed by atoms with Crippen molar-refractivity contribution in [1.82, 2.24) is 19.3 Å². The summed E-state index contributed by atoms with van der Waals surface area (Å²) in [7, 11) is 1.88. The molecule has 1 N–H and O–H groups in total. The van der Waals surface area contributed by atoms with Gasteiger partial charge in [-0.2, -0.15) is 5.10 Å². The molecule has 0 amide bonds. The number of carbonyl (C=O) groups is 1.